The largest absolute Gasteiger partial charge is 0.416 e. The molecule has 1 fully saturated rings. The lowest BCUT2D eigenvalue weighted by Gasteiger charge is -2.27. The highest BCUT2D eigenvalue weighted by Crippen LogP contribution is 2.31. The second kappa shape index (κ2) is 8.06. The van der Waals surface area contributed by atoms with Gasteiger partial charge in [-0.3, -0.25) is 9.52 Å². The smallest absolute Gasteiger partial charge is 0.339 e. The average Bonchev–Trinajstić information content (AvgIpc) is 2.67. The van der Waals surface area contributed by atoms with Crippen molar-refractivity contribution in [2.75, 3.05) is 17.8 Å². The van der Waals surface area contributed by atoms with Crippen molar-refractivity contribution >= 4 is 21.6 Å². The van der Waals surface area contributed by atoms with Crippen LogP contribution in [0, 0.1) is 6.92 Å². The summed E-state index contributed by atoms with van der Waals surface area (Å²) in [6.07, 6.45) is -1.73. The molecule has 0 atom stereocenters. The lowest BCUT2D eigenvalue weighted by Crippen LogP contribution is -2.36. The van der Waals surface area contributed by atoms with Gasteiger partial charge >= 0.3 is 6.18 Å². The molecular formula is C20H21F3N2O3S. The predicted octanol–water partition coefficient (Wildman–Crippen LogP) is 4.44. The lowest BCUT2D eigenvalue weighted by atomic mass is 10.1. The van der Waals surface area contributed by atoms with Gasteiger partial charge in [-0.15, -0.1) is 0 Å². The van der Waals surface area contributed by atoms with E-state index in [0.717, 1.165) is 37.5 Å². The summed E-state index contributed by atoms with van der Waals surface area (Å²) in [4.78, 5) is 14.3. The van der Waals surface area contributed by atoms with Gasteiger partial charge in [-0.05, 0) is 62.1 Å². The first kappa shape index (κ1) is 21.2. The number of hydrogen-bond acceptors (Lipinski definition) is 3. The maximum Gasteiger partial charge on any atom is 0.416 e. The Bertz CT molecular complexity index is 1010. The molecule has 0 spiro atoms. The van der Waals surface area contributed by atoms with Gasteiger partial charge < -0.3 is 4.90 Å². The van der Waals surface area contributed by atoms with Crippen LogP contribution < -0.4 is 4.72 Å². The maximum atomic E-state index is 12.9. The van der Waals surface area contributed by atoms with Crippen molar-refractivity contribution in [3.63, 3.8) is 0 Å². The summed E-state index contributed by atoms with van der Waals surface area (Å²) >= 11 is 0. The third-order valence-electron chi connectivity index (χ3n) is 4.84. The number of anilines is 1. The minimum Gasteiger partial charge on any atom is -0.339 e. The number of alkyl halides is 3. The Morgan fingerprint density at radius 2 is 1.72 bits per heavy atom. The van der Waals surface area contributed by atoms with E-state index in [1.165, 1.54) is 24.3 Å². The third-order valence-corrected chi connectivity index (χ3v) is 6.21. The summed E-state index contributed by atoms with van der Waals surface area (Å²) in [5.74, 6) is -0.238. The van der Waals surface area contributed by atoms with Crippen molar-refractivity contribution in [3.8, 4) is 0 Å². The van der Waals surface area contributed by atoms with E-state index in [9.17, 15) is 26.4 Å². The molecular weight excluding hydrogens is 405 g/mol. The molecule has 156 valence electrons. The van der Waals surface area contributed by atoms with Crippen LogP contribution in [0.3, 0.4) is 0 Å². The number of benzene rings is 2. The molecule has 5 nitrogen and oxygen atoms in total. The molecule has 29 heavy (non-hydrogen) atoms. The second-order valence-corrected chi connectivity index (χ2v) is 8.70. The normalized spacial score (nSPS) is 15.2. The Morgan fingerprint density at radius 1 is 1.03 bits per heavy atom. The van der Waals surface area contributed by atoms with E-state index >= 15 is 0 Å². The van der Waals surface area contributed by atoms with Crippen LogP contribution in [-0.2, 0) is 16.2 Å². The van der Waals surface area contributed by atoms with Crippen molar-refractivity contribution in [2.45, 2.75) is 37.3 Å². The van der Waals surface area contributed by atoms with Crippen molar-refractivity contribution in [3.05, 3.63) is 59.2 Å². The van der Waals surface area contributed by atoms with Crippen LogP contribution in [0.4, 0.5) is 18.9 Å². The molecule has 1 saturated heterocycles. The van der Waals surface area contributed by atoms with Gasteiger partial charge in [0.1, 0.15) is 0 Å². The minimum atomic E-state index is -4.58. The molecule has 0 aliphatic carbocycles. The van der Waals surface area contributed by atoms with Gasteiger partial charge in [0.2, 0.25) is 0 Å². The number of hydrogen-bond donors (Lipinski definition) is 1. The number of amides is 1. The van der Waals surface area contributed by atoms with Gasteiger partial charge in [0.15, 0.2) is 0 Å². The number of rotatable bonds is 4. The van der Waals surface area contributed by atoms with Gasteiger partial charge in [-0.25, -0.2) is 8.42 Å². The van der Waals surface area contributed by atoms with Crippen LogP contribution in [0.5, 0.6) is 0 Å². The fourth-order valence-corrected chi connectivity index (χ4v) is 4.31. The number of halogens is 3. The first-order valence-electron chi connectivity index (χ1n) is 9.18. The molecule has 1 aliphatic heterocycles. The monoisotopic (exact) mass is 426 g/mol. The SMILES string of the molecule is Cc1ccc(S(=O)(=O)Nc2cccc(C(F)(F)F)c2)cc1C(=O)N1CCCCC1. The highest BCUT2D eigenvalue weighted by atomic mass is 32.2. The molecule has 1 amide bonds. The minimum absolute atomic E-state index is 0.180. The fraction of sp³-hybridized carbons (Fsp3) is 0.350. The summed E-state index contributed by atoms with van der Waals surface area (Å²) in [6, 6.07) is 8.09. The van der Waals surface area contributed by atoms with Gasteiger partial charge in [0.25, 0.3) is 15.9 Å². The van der Waals surface area contributed by atoms with E-state index in [-0.39, 0.29) is 22.1 Å². The van der Waals surface area contributed by atoms with Gasteiger partial charge in [-0.2, -0.15) is 13.2 Å². The molecule has 0 bridgehead atoms. The second-order valence-electron chi connectivity index (χ2n) is 7.01. The van der Waals surface area contributed by atoms with E-state index < -0.39 is 21.8 Å². The number of likely N-dealkylation sites (tertiary alicyclic amines) is 1. The van der Waals surface area contributed by atoms with E-state index in [2.05, 4.69) is 4.72 Å². The third kappa shape index (κ3) is 4.90. The van der Waals surface area contributed by atoms with Crippen molar-refractivity contribution in [1.82, 2.24) is 4.90 Å². The summed E-state index contributed by atoms with van der Waals surface area (Å²) in [5.41, 5.74) is -0.246. The fourth-order valence-electron chi connectivity index (χ4n) is 3.24. The standard InChI is InChI=1S/C20H21F3N2O3S/c1-14-8-9-17(13-18(14)19(26)25-10-3-2-4-11-25)29(27,28)24-16-7-5-6-15(12-16)20(21,22)23/h5-9,12-13,24H,2-4,10-11H2,1H3. The number of carbonyl (C=O) groups excluding carboxylic acids is 1. The Balaban J connectivity index is 1.89. The molecule has 1 N–H and O–H groups in total. The first-order valence-corrected chi connectivity index (χ1v) is 10.7. The zero-order chi connectivity index (χ0) is 21.2. The van der Waals surface area contributed by atoms with Crippen LogP contribution in [-0.4, -0.2) is 32.3 Å². The van der Waals surface area contributed by atoms with Crippen LogP contribution in [0.2, 0.25) is 0 Å². The first-order chi connectivity index (χ1) is 13.6. The molecule has 0 unspecified atom stereocenters. The summed E-state index contributed by atoms with van der Waals surface area (Å²) in [6.45, 7) is 2.96. The quantitative estimate of drug-likeness (QED) is 0.786. The Hall–Kier alpha value is -2.55. The molecule has 3 rings (SSSR count). The van der Waals surface area contributed by atoms with Crippen molar-refractivity contribution < 1.29 is 26.4 Å². The Kier molecular flexibility index (Phi) is 5.88. The zero-order valence-electron chi connectivity index (χ0n) is 15.8. The van der Waals surface area contributed by atoms with Crippen LogP contribution >= 0.6 is 0 Å². The van der Waals surface area contributed by atoms with Gasteiger partial charge in [0, 0.05) is 24.3 Å². The number of nitrogens with zero attached hydrogens (tertiary/aromatic N) is 1. The van der Waals surface area contributed by atoms with Crippen LogP contribution in [0.25, 0.3) is 0 Å². The average molecular weight is 426 g/mol. The molecule has 2 aromatic rings. The Morgan fingerprint density at radius 3 is 2.38 bits per heavy atom. The zero-order valence-corrected chi connectivity index (χ0v) is 16.6. The Labute approximate surface area is 167 Å². The summed E-state index contributed by atoms with van der Waals surface area (Å²) in [5, 5.41) is 0. The molecule has 0 radical (unpaired) electrons. The predicted molar refractivity (Wildman–Crippen MR) is 103 cm³/mol. The number of nitrogens with one attached hydrogen (secondary N) is 1. The van der Waals surface area contributed by atoms with Gasteiger partial charge in [-0.1, -0.05) is 12.1 Å². The molecule has 9 heteroatoms. The number of piperidine rings is 1. The van der Waals surface area contributed by atoms with Crippen molar-refractivity contribution in [2.24, 2.45) is 0 Å². The maximum absolute atomic E-state index is 12.9. The molecule has 1 aliphatic rings. The van der Waals surface area contributed by atoms with Gasteiger partial charge in [0.05, 0.1) is 10.5 Å². The van der Waals surface area contributed by atoms with Crippen LogP contribution in [0.15, 0.2) is 47.4 Å². The highest BCUT2D eigenvalue weighted by Gasteiger charge is 2.31. The topological polar surface area (TPSA) is 66.5 Å². The van der Waals surface area contributed by atoms with E-state index in [4.69, 9.17) is 0 Å². The highest BCUT2D eigenvalue weighted by molar-refractivity contribution is 7.92. The number of aryl methyl sites for hydroxylation is 1. The van der Waals surface area contributed by atoms with E-state index in [0.29, 0.717) is 18.7 Å². The lowest BCUT2D eigenvalue weighted by molar-refractivity contribution is -0.137. The number of sulfonamides is 1. The summed E-state index contributed by atoms with van der Waals surface area (Å²) in [7, 11) is -4.17. The summed E-state index contributed by atoms with van der Waals surface area (Å²) < 4.78 is 66.2. The molecule has 1 heterocycles. The molecule has 0 saturated carbocycles. The number of carbonyl (C=O) groups is 1. The van der Waals surface area contributed by atoms with E-state index in [1.54, 1.807) is 11.8 Å². The molecule has 0 aromatic heterocycles. The van der Waals surface area contributed by atoms with Crippen molar-refractivity contribution in [1.29, 1.82) is 0 Å². The van der Waals surface area contributed by atoms with Crippen LogP contribution in [0.1, 0.15) is 40.7 Å². The molecule has 2 aromatic carbocycles. The van der Waals surface area contributed by atoms with E-state index in [1.807, 2.05) is 0 Å².